The van der Waals surface area contributed by atoms with Gasteiger partial charge in [-0.3, -0.25) is 9.59 Å². The summed E-state index contributed by atoms with van der Waals surface area (Å²) < 4.78 is 5.42. The molecule has 2 rings (SSSR count). The van der Waals surface area contributed by atoms with Gasteiger partial charge in [-0.05, 0) is 32.0 Å². The Morgan fingerprint density at radius 3 is 2.68 bits per heavy atom. The van der Waals surface area contributed by atoms with Crippen molar-refractivity contribution in [1.82, 2.24) is 0 Å². The Balaban J connectivity index is 2.33. The first-order valence-corrected chi connectivity index (χ1v) is 7.34. The fourth-order valence-electron chi connectivity index (χ4n) is 2.43. The monoisotopic (exact) mass is 306 g/mol. The zero-order chi connectivity index (χ0) is 16.4. The van der Waals surface area contributed by atoms with Crippen LogP contribution in [0.1, 0.15) is 20.8 Å². The van der Waals surface area contributed by atoms with Gasteiger partial charge in [0.1, 0.15) is 5.75 Å². The van der Waals surface area contributed by atoms with Gasteiger partial charge >= 0.3 is 5.97 Å². The molecule has 22 heavy (non-hydrogen) atoms. The maximum Gasteiger partial charge on any atom is 0.308 e. The van der Waals surface area contributed by atoms with Crippen LogP contribution < -0.4 is 14.5 Å². The van der Waals surface area contributed by atoms with E-state index in [1.807, 2.05) is 36.9 Å². The lowest BCUT2D eigenvalue weighted by Crippen LogP contribution is -2.38. The average Bonchev–Trinajstić information content (AvgIpc) is 2.47. The summed E-state index contributed by atoms with van der Waals surface area (Å²) in [5.41, 5.74) is 1.59. The van der Waals surface area contributed by atoms with Gasteiger partial charge in [0.25, 0.3) is 5.91 Å². The number of carboxylic acids is 1. The Kier molecular flexibility index (Phi) is 4.59. The van der Waals surface area contributed by atoms with Crippen molar-refractivity contribution in [2.75, 3.05) is 30.0 Å². The van der Waals surface area contributed by atoms with Crippen LogP contribution in [-0.4, -0.2) is 43.2 Å². The number of likely N-dealkylation sites (N-methyl/N-ethyl adjacent to an activating group) is 1. The number of carboxylic acid groups (broad SMARTS) is 1. The number of fused-ring (bicyclic) bond motifs is 1. The molecule has 1 atom stereocenters. The molecule has 1 aromatic carbocycles. The molecular formula is C16H22N2O4. The van der Waals surface area contributed by atoms with E-state index in [9.17, 15) is 9.59 Å². The van der Waals surface area contributed by atoms with Gasteiger partial charge in [0.15, 0.2) is 6.61 Å². The largest absolute Gasteiger partial charge is 0.482 e. The van der Waals surface area contributed by atoms with Crippen molar-refractivity contribution in [3.05, 3.63) is 18.2 Å². The third kappa shape index (κ3) is 3.16. The van der Waals surface area contributed by atoms with Gasteiger partial charge in [-0.15, -0.1) is 0 Å². The van der Waals surface area contributed by atoms with Gasteiger partial charge in [0, 0.05) is 25.3 Å². The first kappa shape index (κ1) is 16.1. The number of rotatable bonds is 5. The number of nitrogens with zero attached hydrogens (tertiary/aromatic N) is 2. The predicted molar refractivity (Wildman–Crippen MR) is 84.6 cm³/mol. The molecule has 6 heteroatoms. The summed E-state index contributed by atoms with van der Waals surface area (Å²) in [6.45, 7) is 6.17. The second-order valence-electron chi connectivity index (χ2n) is 5.88. The fraction of sp³-hybridized carbons (Fsp3) is 0.500. The highest BCUT2D eigenvalue weighted by atomic mass is 16.5. The molecule has 0 fully saturated rings. The van der Waals surface area contributed by atoms with Crippen LogP contribution in [0.4, 0.5) is 11.4 Å². The number of carbonyl (C=O) groups excluding carboxylic acids is 1. The van der Waals surface area contributed by atoms with Crippen LogP contribution in [0, 0.1) is 5.92 Å². The summed E-state index contributed by atoms with van der Waals surface area (Å²) >= 11 is 0. The minimum absolute atomic E-state index is 0.0484. The van der Waals surface area contributed by atoms with E-state index in [0.717, 1.165) is 5.69 Å². The zero-order valence-corrected chi connectivity index (χ0v) is 13.4. The lowest BCUT2D eigenvalue weighted by atomic mass is 10.1. The molecule has 0 spiro atoms. The first-order chi connectivity index (χ1) is 10.3. The summed E-state index contributed by atoms with van der Waals surface area (Å²) in [5, 5.41) is 9.13. The van der Waals surface area contributed by atoms with E-state index < -0.39 is 11.9 Å². The summed E-state index contributed by atoms with van der Waals surface area (Å²) in [6.07, 6.45) is 0. The van der Waals surface area contributed by atoms with Crippen molar-refractivity contribution in [3.8, 4) is 5.75 Å². The van der Waals surface area contributed by atoms with Gasteiger partial charge in [0.05, 0.1) is 11.6 Å². The van der Waals surface area contributed by atoms with Crippen molar-refractivity contribution in [2.24, 2.45) is 5.92 Å². The topological polar surface area (TPSA) is 70.1 Å². The van der Waals surface area contributed by atoms with Gasteiger partial charge < -0.3 is 19.6 Å². The molecule has 0 bridgehead atoms. The first-order valence-electron chi connectivity index (χ1n) is 7.34. The Hall–Kier alpha value is -2.24. The van der Waals surface area contributed by atoms with Crippen LogP contribution >= 0.6 is 0 Å². The van der Waals surface area contributed by atoms with Gasteiger partial charge in [0.2, 0.25) is 0 Å². The number of hydrogen-bond acceptors (Lipinski definition) is 4. The lowest BCUT2D eigenvalue weighted by Gasteiger charge is -2.33. The summed E-state index contributed by atoms with van der Waals surface area (Å²) in [7, 11) is 1.72. The number of ether oxygens (including phenoxy) is 1. The minimum atomic E-state index is -0.820. The Labute approximate surface area is 130 Å². The van der Waals surface area contributed by atoms with E-state index >= 15 is 0 Å². The maximum atomic E-state index is 11.7. The highest BCUT2D eigenvalue weighted by Crippen LogP contribution is 2.35. The molecule has 1 heterocycles. The molecule has 0 aromatic heterocycles. The number of benzene rings is 1. The summed E-state index contributed by atoms with van der Waals surface area (Å²) in [6, 6.07) is 5.75. The van der Waals surface area contributed by atoms with Crippen LogP contribution in [0.15, 0.2) is 18.2 Å². The maximum absolute atomic E-state index is 11.7. The highest BCUT2D eigenvalue weighted by molar-refractivity contribution is 5.97. The number of carbonyl (C=O) groups is 2. The summed E-state index contributed by atoms with van der Waals surface area (Å²) in [5.74, 6) is -0.728. The van der Waals surface area contributed by atoms with E-state index in [1.54, 1.807) is 18.9 Å². The zero-order valence-electron chi connectivity index (χ0n) is 13.4. The predicted octanol–water partition coefficient (Wildman–Crippen LogP) is 1.98. The van der Waals surface area contributed by atoms with E-state index in [-0.39, 0.29) is 18.6 Å². The molecule has 1 amide bonds. The van der Waals surface area contributed by atoms with E-state index in [1.165, 1.54) is 0 Å². The Bertz CT molecular complexity index is 586. The molecule has 0 aliphatic carbocycles. The van der Waals surface area contributed by atoms with E-state index in [0.29, 0.717) is 18.0 Å². The van der Waals surface area contributed by atoms with E-state index in [2.05, 4.69) is 0 Å². The molecule has 0 saturated carbocycles. The number of hydrogen-bond donors (Lipinski definition) is 1. The normalized spacial score (nSPS) is 15.3. The van der Waals surface area contributed by atoms with Crippen LogP contribution in [-0.2, 0) is 9.59 Å². The molecule has 1 aliphatic heterocycles. The molecule has 1 unspecified atom stereocenters. The van der Waals surface area contributed by atoms with Gasteiger partial charge in [-0.2, -0.15) is 0 Å². The number of aliphatic carboxylic acids is 1. The Morgan fingerprint density at radius 1 is 1.41 bits per heavy atom. The third-order valence-corrected chi connectivity index (χ3v) is 3.88. The van der Waals surface area contributed by atoms with Gasteiger partial charge in [-0.1, -0.05) is 6.92 Å². The molecule has 0 radical (unpaired) electrons. The fourth-order valence-corrected chi connectivity index (χ4v) is 2.43. The van der Waals surface area contributed by atoms with Crippen LogP contribution in [0.2, 0.25) is 0 Å². The van der Waals surface area contributed by atoms with Crippen LogP contribution in [0.5, 0.6) is 5.75 Å². The lowest BCUT2D eigenvalue weighted by molar-refractivity contribution is -0.140. The van der Waals surface area contributed by atoms with Gasteiger partial charge in [-0.25, -0.2) is 0 Å². The highest BCUT2D eigenvalue weighted by Gasteiger charge is 2.25. The Morgan fingerprint density at radius 2 is 2.09 bits per heavy atom. The third-order valence-electron chi connectivity index (χ3n) is 3.88. The van der Waals surface area contributed by atoms with Crippen molar-refractivity contribution in [2.45, 2.75) is 26.8 Å². The van der Waals surface area contributed by atoms with Crippen molar-refractivity contribution in [3.63, 3.8) is 0 Å². The smallest absolute Gasteiger partial charge is 0.308 e. The SMILES string of the molecule is CC(CN(c1ccc2c(c1)N(C)C(=O)CO2)C(C)C)C(=O)O. The van der Waals surface area contributed by atoms with Crippen molar-refractivity contribution in [1.29, 1.82) is 0 Å². The summed E-state index contributed by atoms with van der Waals surface area (Å²) in [4.78, 5) is 26.5. The van der Waals surface area contributed by atoms with Crippen LogP contribution in [0.25, 0.3) is 0 Å². The molecule has 6 nitrogen and oxygen atoms in total. The molecule has 1 aliphatic rings. The molecule has 0 saturated heterocycles. The minimum Gasteiger partial charge on any atom is -0.482 e. The van der Waals surface area contributed by atoms with Crippen LogP contribution in [0.3, 0.4) is 0 Å². The van der Waals surface area contributed by atoms with Crippen molar-refractivity contribution < 1.29 is 19.4 Å². The molecule has 1 N–H and O–H groups in total. The second-order valence-corrected chi connectivity index (χ2v) is 5.88. The second kappa shape index (κ2) is 6.25. The van der Waals surface area contributed by atoms with E-state index in [4.69, 9.17) is 9.84 Å². The standard InChI is InChI=1S/C16H22N2O4/c1-10(2)18(8-11(3)16(20)21)12-5-6-14-13(7-12)17(4)15(19)9-22-14/h5-7,10-11H,8-9H2,1-4H3,(H,20,21). The quantitative estimate of drug-likeness (QED) is 0.900. The average molecular weight is 306 g/mol. The van der Waals surface area contributed by atoms with Crippen molar-refractivity contribution >= 4 is 23.3 Å². The number of anilines is 2. The molecule has 120 valence electrons. The molecule has 1 aromatic rings. The number of amides is 1. The molecular weight excluding hydrogens is 284 g/mol.